The second kappa shape index (κ2) is 7.78. The van der Waals surface area contributed by atoms with Crippen molar-refractivity contribution in [2.75, 3.05) is 4.90 Å². The average molecular weight is 437 g/mol. The van der Waals surface area contributed by atoms with Crippen molar-refractivity contribution < 1.29 is 19.1 Å². The second-order valence-corrected chi connectivity index (χ2v) is 8.41. The summed E-state index contributed by atoms with van der Waals surface area (Å²) < 4.78 is 5.88. The van der Waals surface area contributed by atoms with E-state index in [1.54, 1.807) is 25.1 Å². The molecule has 1 unspecified atom stereocenters. The molecule has 0 aliphatic carbocycles. The third kappa shape index (κ3) is 3.33. The van der Waals surface area contributed by atoms with Gasteiger partial charge in [-0.2, -0.15) is 0 Å². The lowest BCUT2D eigenvalue weighted by atomic mass is 9.96. The summed E-state index contributed by atoms with van der Waals surface area (Å²) in [4.78, 5) is 28.0. The van der Waals surface area contributed by atoms with Gasteiger partial charge in [0.05, 0.1) is 5.57 Å². The number of aliphatic hydroxyl groups is 1. The van der Waals surface area contributed by atoms with E-state index in [0.29, 0.717) is 22.8 Å². The van der Waals surface area contributed by atoms with Crippen LogP contribution < -0.4 is 4.90 Å². The first kappa shape index (κ1) is 20.8. The predicted octanol–water partition coefficient (Wildman–Crippen LogP) is 5.98. The molecule has 5 heteroatoms. The highest BCUT2D eigenvalue weighted by molar-refractivity contribution is 6.51. The van der Waals surface area contributed by atoms with Crippen LogP contribution in [0.2, 0.25) is 0 Å². The Morgan fingerprint density at radius 3 is 2.36 bits per heavy atom. The summed E-state index contributed by atoms with van der Waals surface area (Å²) in [7, 11) is 0. The summed E-state index contributed by atoms with van der Waals surface area (Å²) in [5, 5.41) is 13.2. The molecule has 33 heavy (non-hydrogen) atoms. The van der Waals surface area contributed by atoms with Crippen LogP contribution >= 0.6 is 0 Å². The number of benzene rings is 3. The van der Waals surface area contributed by atoms with E-state index in [2.05, 4.69) is 0 Å². The van der Waals surface area contributed by atoms with Crippen LogP contribution in [0.4, 0.5) is 5.69 Å². The Morgan fingerprint density at radius 2 is 1.64 bits per heavy atom. The van der Waals surface area contributed by atoms with Crippen molar-refractivity contribution in [2.24, 2.45) is 0 Å². The Bertz CT molecular complexity index is 1450. The Labute approximate surface area is 191 Å². The maximum Gasteiger partial charge on any atom is 0.300 e. The number of anilines is 1. The summed E-state index contributed by atoms with van der Waals surface area (Å²) in [6, 6.07) is 21.4. The van der Waals surface area contributed by atoms with Crippen LogP contribution in [0.1, 0.15) is 34.3 Å². The van der Waals surface area contributed by atoms with E-state index >= 15 is 0 Å². The topological polar surface area (TPSA) is 70.8 Å². The third-order valence-corrected chi connectivity index (χ3v) is 6.29. The van der Waals surface area contributed by atoms with E-state index < -0.39 is 17.7 Å². The van der Waals surface area contributed by atoms with Crippen molar-refractivity contribution in [3.8, 4) is 0 Å². The lowest BCUT2D eigenvalue weighted by Crippen LogP contribution is -2.29. The van der Waals surface area contributed by atoms with E-state index in [1.165, 1.54) is 4.90 Å². The lowest BCUT2D eigenvalue weighted by molar-refractivity contribution is -0.132. The molecule has 4 aromatic rings. The highest BCUT2D eigenvalue weighted by Gasteiger charge is 2.48. The Balaban J connectivity index is 1.77. The van der Waals surface area contributed by atoms with Crippen LogP contribution in [-0.2, 0) is 9.59 Å². The van der Waals surface area contributed by atoms with Crippen molar-refractivity contribution in [3.05, 3.63) is 107 Å². The number of carbonyl (C=O) groups excluding carboxylic acids is 2. The number of rotatable bonds is 3. The minimum Gasteiger partial charge on any atom is -0.507 e. The molecule has 1 aromatic heterocycles. The number of hydrogen-bond acceptors (Lipinski definition) is 4. The van der Waals surface area contributed by atoms with E-state index in [9.17, 15) is 14.7 Å². The molecule has 1 amide bonds. The van der Waals surface area contributed by atoms with Crippen molar-refractivity contribution in [2.45, 2.75) is 26.8 Å². The van der Waals surface area contributed by atoms with Crippen LogP contribution in [0, 0.1) is 20.8 Å². The number of amides is 1. The van der Waals surface area contributed by atoms with Gasteiger partial charge in [0.2, 0.25) is 0 Å². The van der Waals surface area contributed by atoms with Crippen molar-refractivity contribution in [1.82, 2.24) is 0 Å². The zero-order chi connectivity index (χ0) is 23.3. The molecule has 0 bridgehead atoms. The molecule has 1 fully saturated rings. The van der Waals surface area contributed by atoms with Crippen molar-refractivity contribution in [3.63, 3.8) is 0 Å². The van der Waals surface area contributed by atoms with Gasteiger partial charge in [0.15, 0.2) is 0 Å². The van der Waals surface area contributed by atoms with E-state index in [4.69, 9.17) is 4.42 Å². The van der Waals surface area contributed by atoms with Crippen LogP contribution in [0.5, 0.6) is 0 Å². The zero-order valence-electron chi connectivity index (χ0n) is 18.6. The van der Waals surface area contributed by atoms with Gasteiger partial charge >= 0.3 is 0 Å². The molecule has 3 aromatic carbocycles. The molecule has 1 aliphatic heterocycles. The number of nitrogens with zero attached hydrogens (tertiary/aromatic N) is 1. The first-order chi connectivity index (χ1) is 15.9. The van der Waals surface area contributed by atoms with Gasteiger partial charge in [-0.25, -0.2) is 0 Å². The number of ketones is 1. The predicted molar refractivity (Wildman–Crippen MR) is 128 cm³/mol. The fraction of sp³-hybridized carbons (Fsp3) is 0.143. The van der Waals surface area contributed by atoms with Gasteiger partial charge in [-0.05, 0) is 66.9 Å². The Morgan fingerprint density at radius 1 is 0.879 bits per heavy atom. The van der Waals surface area contributed by atoms with Gasteiger partial charge in [-0.15, -0.1) is 0 Å². The zero-order valence-corrected chi connectivity index (χ0v) is 18.6. The van der Waals surface area contributed by atoms with E-state index in [1.807, 2.05) is 68.4 Å². The fourth-order valence-electron chi connectivity index (χ4n) is 4.42. The first-order valence-corrected chi connectivity index (χ1v) is 10.8. The second-order valence-electron chi connectivity index (χ2n) is 8.41. The number of fused-ring (bicyclic) bond motifs is 1. The minimum absolute atomic E-state index is 0.0175. The van der Waals surface area contributed by atoms with Crippen molar-refractivity contribution >= 4 is 33.9 Å². The Kier molecular flexibility index (Phi) is 4.90. The van der Waals surface area contributed by atoms with Gasteiger partial charge in [0.1, 0.15) is 23.3 Å². The molecule has 1 N–H and O–H groups in total. The van der Waals surface area contributed by atoms with Gasteiger partial charge < -0.3 is 9.52 Å². The maximum absolute atomic E-state index is 13.3. The van der Waals surface area contributed by atoms with Gasteiger partial charge in [-0.3, -0.25) is 14.5 Å². The Hall–Kier alpha value is -4.12. The van der Waals surface area contributed by atoms with Gasteiger partial charge in [-0.1, -0.05) is 48.5 Å². The molecule has 0 saturated carbocycles. The summed E-state index contributed by atoms with van der Waals surface area (Å²) in [6.07, 6.45) is 0. The summed E-state index contributed by atoms with van der Waals surface area (Å²) >= 11 is 0. The number of hydrogen-bond donors (Lipinski definition) is 1. The number of aliphatic hydroxyl groups excluding tert-OH is 1. The maximum atomic E-state index is 13.3. The molecule has 1 atom stereocenters. The van der Waals surface area contributed by atoms with Crippen molar-refractivity contribution in [1.29, 1.82) is 0 Å². The lowest BCUT2D eigenvalue weighted by Gasteiger charge is -2.24. The molecule has 1 saturated heterocycles. The minimum atomic E-state index is -0.875. The van der Waals surface area contributed by atoms with Gasteiger partial charge in [0.25, 0.3) is 11.7 Å². The smallest absolute Gasteiger partial charge is 0.300 e. The first-order valence-electron chi connectivity index (χ1n) is 10.8. The average Bonchev–Trinajstić information content (AvgIpc) is 3.35. The summed E-state index contributed by atoms with van der Waals surface area (Å²) in [5.74, 6) is -0.570. The van der Waals surface area contributed by atoms with E-state index in [-0.39, 0.29) is 11.3 Å². The molecular weight excluding hydrogens is 414 g/mol. The largest absolute Gasteiger partial charge is 0.507 e. The van der Waals surface area contributed by atoms with E-state index in [0.717, 1.165) is 21.9 Å². The van der Waals surface area contributed by atoms with Crippen LogP contribution in [0.15, 0.2) is 82.8 Å². The van der Waals surface area contributed by atoms with Crippen LogP contribution in [-0.4, -0.2) is 16.8 Å². The number of carbonyl (C=O) groups is 2. The summed E-state index contributed by atoms with van der Waals surface area (Å²) in [6.45, 7) is 5.75. The molecule has 2 heterocycles. The molecule has 5 rings (SSSR count). The quantitative estimate of drug-likeness (QED) is 0.243. The molecule has 0 spiro atoms. The van der Waals surface area contributed by atoms with Gasteiger partial charge in [0, 0.05) is 11.3 Å². The molecular formula is C28H23NO4. The number of Topliss-reactive ketones (excluding diaryl/α,β-unsaturated/α-hetero) is 1. The highest BCUT2D eigenvalue weighted by atomic mass is 16.3. The SMILES string of the molecule is Cc1ccc(C2/C(=C(/O)c3cccc4ccccc34)C(=O)C(=O)N2c2ccc(C)c(C)c2)o1. The number of furan rings is 1. The normalized spacial score (nSPS) is 17.8. The number of aryl methyl sites for hydroxylation is 3. The molecule has 5 nitrogen and oxygen atoms in total. The summed E-state index contributed by atoms with van der Waals surface area (Å²) in [5.41, 5.74) is 3.17. The monoisotopic (exact) mass is 437 g/mol. The molecule has 164 valence electrons. The molecule has 1 aliphatic rings. The van der Waals surface area contributed by atoms with Crippen LogP contribution in [0.25, 0.3) is 16.5 Å². The third-order valence-electron chi connectivity index (χ3n) is 6.29. The molecule has 0 radical (unpaired) electrons. The van der Waals surface area contributed by atoms with Crippen LogP contribution in [0.3, 0.4) is 0 Å². The fourth-order valence-corrected chi connectivity index (χ4v) is 4.42. The highest BCUT2D eigenvalue weighted by Crippen LogP contribution is 2.43. The standard InChI is InChI=1S/C28H23NO4/c1-16-11-13-20(15-17(16)2)29-25(23-14-12-18(3)33-23)24(27(31)28(29)32)26(30)22-10-6-8-19-7-4-5-9-21(19)22/h4-15,25,30H,1-3H3/b26-24-.